The third-order valence-corrected chi connectivity index (χ3v) is 5.82. The van der Waals surface area contributed by atoms with E-state index in [9.17, 15) is 4.79 Å². The molecule has 0 saturated heterocycles. The van der Waals surface area contributed by atoms with Gasteiger partial charge in [0.1, 0.15) is 23.7 Å². The first-order chi connectivity index (χ1) is 17.4. The summed E-state index contributed by atoms with van der Waals surface area (Å²) in [5.74, 6) is 1.64. The van der Waals surface area contributed by atoms with E-state index in [1.54, 1.807) is 7.11 Å². The van der Waals surface area contributed by atoms with E-state index in [4.69, 9.17) is 4.74 Å². The molecule has 0 atom stereocenters. The molecule has 9 nitrogen and oxygen atoms in total. The maximum Gasteiger partial charge on any atom is 0.247 e. The number of ether oxygens (including phenoxy) is 1. The molecule has 4 rings (SSSR count). The highest BCUT2D eigenvalue weighted by atomic mass is 16.5. The Hall–Kier alpha value is -4.37. The second-order valence-electron chi connectivity index (χ2n) is 8.62. The molecule has 0 saturated carbocycles. The molecule has 0 aliphatic carbocycles. The lowest BCUT2D eigenvalue weighted by molar-refractivity contribution is -0.111. The van der Waals surface area contributed by atoms with Crippen LogP contribution in [0, 0.1) is 0 Å². The summed E-state index contributed by atoms with van der Waals surface area (Å²) in [7, 11) is 7.64. The van der Waals surface area contributed by atoms with Gasteiger partial charge in [0.2, 0.25) is 5.91 Å². The largest absolute Gasteiger partial charge is 0.494 e. The molecule has 0 unspecified atom stereocenters. The third kappa shape index (κ3) is 5.47. The summed E-state index contributed by atoms with van der Waals surface area (Å²) in [6.45, 7) is 5.19. The number of methoxy groups -OCH3 is 1. The predicted octanol–water partition coefficient (Wildman–Crippen LogP) is 4.30. The SMILES string of the molecule is C=CC(=O)Nc1cc(Nc2cc(-n3ccc4ccccc43)ncn2)c(OC)cc1N(C)CCN(C)C. The lowest BCUT2D eigenvalue weighted by atomic mass is 10.2. The molecule has 2 aromatic heterocycles. The Kier molecular flexibility index (Phi) is 7.50. The van der Waals surface area contributed by atoms with Gasteiger partial charge >= 0.3 is 0 Å². The van der Waals surface area contributed by atoms with Crippen molar-refractivity contribution >= 4 is 39.7 Å². The highest BCUT2D eigenvalue weighted by Crippen LogP contribution is 2.38. The number of aromatic nitrogens is 3. The number of hydrogen-bond acceptors (Lipinski definition) is 7. The average molecular weight is 486 g/mol. The van der Waals surface area contributed by atoms with Gasteiger partial charge in [-0.05, 0) is 43.8 Å². The molecule has 0 radical (unpaired) electrons. The highest BCUT2D eigenvalue weighted by Gasteiger charge is 2.16. The van der Waals surface area contributed by atoms with Crippen molar-refractivity contribution < 1.29 is 9.53 Å². The van der Waals surface area contributed by atoms with Gasteiger partial charge in [-0.2, -0.15) is 0 Å². The Morgan fingerprint density at radius 1 is 1.08 bits per heavy atom. The second kappa shape index (κ2) is 10.9. The molecular formula is C27H31N7O2. The van der Waals surface area contributed by atoms with Crippen molar-refractivity contribution in [2.24, 2.45) is 0 Å². The van der Waals surface area contributed by atoms with Crippen molar-refractivity contribution in [2.75, 3.05) is 56.9 Å². The first-order valence-corrected chi connectivity index (χ1v) is 11.6. The Morgan fingerprint density at radius 2 is 1.89 bits per heavy atom. The van der Waals surface area contributed by atoms with E-state index < -0.39 is 0 Å². The van der Waals surface area contributed by atoms with Crippen LogP contribution in [0.4, 0.5) is 22.9 Å². The Labute approximate surface area is 211 Å². The summed E-state index contributed by atoms with van der Waals surface area (Å²) in [4.78, 5) is 25.2. The molecule has 2 aromatic carbocycles. The van der Waals surface area contributed by atoms with Gasteiger partial charge in [-0.1, -0.05) is 24.8 Å². The van der Waals surface area contributed by atoms with Crippen molar-refractivity contribution in [3.8, 4) is 11.6 Å². The topological polar surface area (TPSA) is 87.5 Å². The van der Waals surface area contributed by atoms with Crippen molar-refractivity contribution in [3.63, 3.8) is 0 Å². The quantitative estimate of drug-likeness (QED) is 0.324. The molecule has 186 valence electrons. The summed E-state index contributed by atoms with van der Waals surface area (Å²) < 4.78 is 7.71. The van der Waals surface area contributed by atoms with E-state index in [0.717, 1.165) is 35.5 Å². The summed E-state index contributed by atoms with van der Waals surface area (Å²) in [5, 5.41) is 7.37. The number of anilines is 4. The van der Waals surface area contributed by atoms with Crippen LogP contribution >= 0.6 is 0 Å². The number of benzene rings is 2. The van der Waals surface area contributed by atoms with Crippen LogP contribution in [0.5, 0.6) is 5.75 Å². The number of likely N-dealkylation sites (N-methyl/N-ethyl adjacent to an activating group) is 2. The van der Waals surface area contributed by atoms with Gasteiger partial charge in [0.15, 0.2) is 0 Å². The molecule has 4 aromatic rings. The summed E-state index contributed by atoms with van der Waals surface area (Å²) in [6, 6.07) is 15.8. The predicted molar refractivity (Wildman–Crippen MR) is 146 cm³/mol. The van der Waals surface area contributed by atoms with E-state index in [1.165, 1.54) is 12.4 Å². The highest BCUT2D eigenvalue weighted by molar-refractivity contribution is 6.02. The Morgan fingerprint density at radius 3 is 2.64 bits per heavy atom. The van der Waals surface area contributed by atoms with Gasteiger partial charge in [-0.25, -0.2) is 9.97 Å². The number of para-hydroxylation sites is 1. The molecule has 1 amide bonds. The van der Waals surface area contributed by atoms with Crippen molar-refractivity contribution in [3.05, 3.63) is 73.7 Å². The van der Waals surface area contributed by atoms with Gasteiger partial charge in [-0.15, -0.1) is 0 Å². The molecule has 36 heavy (non-hydrogen) atoms. The zero-order chi connectivity index (χ0) is 25.7. The zero-order valence-electron chi connectivity index (χ0n) is 21.0. The standard InChI is InChI=1S/C27H31N7O2/c1-6-27(35)31-20-15-21(24(36-5)16-23(20)33(4)14-13-32(2)3)30-25-17-26(29-18-28-25)34-12-11-19-9-7-8-10-22(19)34/h6-12,15-18H,1,13-14H2,2-5H3,(H,31,35)(H,28,29,30). The van der Waals surface area contributed by atoms with Gasteiger partial charge in [0.05, 0.1) is 29.7 Å². The number of nitrogens with zero attached hydrogens (tertiary/aromatic N) is 5. The number of fused-ring (bicyclic) bond motifs is 1. The van der Waals surface area contributed by atoms with Gasteiger partial charge in [0.25, 0.3) is 0 Å². The molecule has 2 heterocycles. The summed E-state index contributed by atoms with van der Waals surface area (Å²) in [5.41, 5.74) is 3.18. The number of amides is 1. The van der Waals surface area contributed by atoms with Gasteiger partial charge in [-0.3, -0.25) is 4.79 Å². The van der Waals surface area contributed by atoms with Crippen molar-refractivity contribution in [2.45, 2.75) is 0 Å². The first kappa shape index (κ1) is 24.7. The van der Waals surface area contributed by atoms with E-state index in [-0.39, 0.29) is 5.91 Å². The average Bonchev–Trinajstić information content (AvgIpc) is 3.32. The second-order valence-corrected chi connectivity index (χ2v) is 8.62. The van der Waals surface area contributed by atoms with E-state index >= 15 is 0 Å². The monoisotopic (exact) mass is 485 g/mol. The summed E-state index contributed by atoms with van der Waals surface area (Å²) >= 11 is 0. The maximum atomic E-state index is 12.2. The molecule has 0 aliphatic rings. The number of carbonyl (C=O) groups excluding carboxylic acids is 1. The van der Waals surface area contributed by atoms with Crippen LogP contribution in [-0.4, -0.2) is 66.7 Å². The Bertz CT molecular complexity index is 1380. The van der Waals surface area contributed by atoms with Crippen molar-refractivity contribution in [1.82, 2.24) is 19.4 Å². The third-order valence-electron chi connectivity index (χ3n) is 5.82. The van der Waals surface area contributed by atoms with E-state index in [0.29, 0.717) is 22.9 Å². The number of rotatable bonds is 10. The number of carbonyl (C=O) groups is 1. The molecule has 9 heteroatoms. The normalized spacial score (nSPS) is 10.9. The van der Waals surface area contributed by atoms with Crippen molar-refractivity contribution in [1.29, 1.82) is 0 Å². The Balaban J connectivity index is 1.69. The first-order valence-electron chi connectivity index (χ1n) is 11.6. The van der Waals surface area contributed by atoms with Crippen LogP contribution in [0.25, 0.3) is 16.7 Å². The number of hydrogen-bond donors (Lipinski definition) is 2. The fourth-order valence-electron chi connectivity index (χ4n) is 3.87. The lowest BCUT2D eigenvalue weighted by Gasteiger charge is -2.26. The molecule has 0 fully saturated rings. The lowest BCUT2D eigenvalue weighted by Crippen LogP contribution is -2.29. The molecular weight excluding hydrogens is 454 g/mol. The fraction of sp³-hybridized carbons (Fsp3) is 0.222. The fourth-order valence-corrected chi connectivity index (χ4v) is 3.87. The molecule has 2 N–H and O–H groups in total. The minimum absolute atomic E-state index is 0.294. The smallest absolute Gasteiger partial charge is 0.247 e. The molecule has 0 bridgehead atoms. The molecule has 0 spiro atoms. The van der Waals surface area contributed by atoms with E-state index in [2.05, 4.69) is 43.0 Å². The van der Waals surface area contributed by atoms with Gasteiger partial charge in [0, 0.05) is 38.5 Å². The van der Waals surface area contributed by atoms with Crippen LogP contribution in [0.1, 0.15) is 0 Å². The van der Waals surface area contributed by atoms with E-state index in [1.807, 2.05) is 74.4 Å². The van der Waals surface area contributed by atoms with Gasteiger partial charge < -0.3 is 29.7 Å². The minimum atomic E-state index is -0.294. The minimum Gasteiger partial charge on any atom is -0.494 e. The van der Waals surface area contributed by atoms with Crippen LogP contribution in [0.2, 0.25) is 0 Å². The number of nitrogens with one attached hydrogen (secondary N) is 2. The van der Waals surface area contributed by atoms with Crippen LogP contribution in [-0.2, 0) is 4.79 Å². The van der Waals surface area contributed by atoms with Crippen LogP contribution in [0.15, 0.2) is 73.7 Å². The summed E-state index contributed by atoms with van der Waals surface area (Å²) in [6.07, 6.45) is 4.75. The molecule has 0 aliphatic heterocycles. The van der Waals surface area contributed by atoms with Crippen LogP contribution in [0.3, 0.4) is 0 Å². The van der Waals surface area contributed by atoms with Crippen LogP contribution < -0.4 is 20.3 Å². The maximum absolute atomic E-state index is 12.2. The zero-order valence-corrected chi connectivity index (χ0v) is 21.0.